The minimum Gasteiger partial charge on any atom is -0.325 e. The summed E-state index contributed by atoms with van der Waals surface area (Å²) in [6, 6.07) is 10.6. The molecule has 0 atom stereocenters. The van der Waals surface area contributed by atoms with Crippen molar-refractivity contribution in [3.05, 3.63) is 81.7 Å². The van der Waals surface area contributed by atoms with E-state index in [1.54, 1.807) is 41.2 Å². The molecule has 0 saturated heterocycles. The summed E-state index contributed by atoms with van der Waals surface area (Å²) in [6.07, 6.45) is 6.07. The lowest BCUT2D eigenvalue weighted by atomic mass is 10.1. The number of rotatable bonds is 7. The van der Waals surface area contributed by atoms with E-state index in [0.717, 1.165) is 36.1 Å². The van der Waals surface area contributed by atoms with Gasteiger partial charge in [-0.05, 0) is 56.0 Å². The lowest BCUT2D eigenvalue weighted by molar-refractivity contribution is -0.113. The highest BCUT2D eigenvalue weighted by molar-refractivity contribution is 8.00. The molecule has 1 aliphatic rings. The molecule has 3 aromatic rings. The van der Waals surface area contributed by atoms with Crippen molar-refractivity contribution in [1.82, 2.24) is 14.5 Å². The molecule has 4 rings (SSSR count). The standard InChI is InChI=1S/C23H22N4O3S/c1-15(28)17-4-2-5-18(12-17)25-21(29)14-31-22-19-6-3-7-20(19)27(23(30)26-22)13-16-8-10-24-11-9-16/h2,4-5,8-12H,3,6-7,13-14H2,1H3,(H,25,29). The Hall–Kier alpha value is -3.26. The summed E-state index contributed by atoms with van der Waals surface area (Å²) in [4.78, 5) is 45.0. The number of ketones is 1. The van der Waals surface area contributed by atoms with Crippen molar-refractivity contribution in [2.45, 2.75) is 37.8 Å². The van der Waals surface area contributed by atoms with Crippen molar-refractivity contribution in [2.24, 2.45) is 0 Å². The van der Waals surface area contributed by atoms with Gasteiger partial charge in [0.15, 0.2) is 5.78 Å². The number of Topliss-reactive ketones (excluding diaryl/α,β-unsaturated/α-hetero) is 1. The first-order valence-electron chi connectivity index (χ1n) is 10.1. The van der Waals surface area contributed by atoms with Gasteiger partial charge in [-0.2, -0.15) is 4.98 Å². The molecular formula is C23H22N4O3S. The van der Waals surface area contributed by atoms with E-state index in [1.807, 2.05) is 12.1 Å². The number of aromatic nitrogens is 3. The van der Waals surface area contributed by atoms with E-state index < -0.39 is 0 Å². The first-order valence-corrected chi connectivity index (χ1v) is 11.0. The number of benzene rings is 1. The van der Waals surface area contributed by atoms with Gasteiger partial charge in [-0.15, -0.1) is 0 Å². The molecule has 1 aromatic carbocycles. The first kappa shape index (κ1) is 21.0. The molecule has 1 amide bonds. The molecule has 31 heavy (non-hydrogen) atoms. The van der Waals surface area contributed by atoms with Gasteiger partial charge >= 0.3 is 5.69 Å². The van der Waals surface area contributed by atoms with Crippen molar-refractivity contribution in [3.63, 3.8) is 0 Å². The van der Waals surface area contributed by atoms with Crippen LogP contribution in [0, 0.1) is 0 Å². The van der Waals surface area contributed by atoms with Gasteiger partial charge in [0.1, 0.15) is 5.03 Å². The van der Waals surface area contributed by atoms with Crippen LogP contribution in [-0.4, -0.2) is 32.0 Å². The molecule has 8 heteroatoms. The molecular weight excluding hydrogens is 412 g/mol. The zero-order valence-corrected chi connectivity index (χ0v) is 17.9. The van der Waals surface area contributed by atoms with Crippen LogP contribution in [0.5, 0.6) is 0 Å². The van der Waals surface area contributed by atoms with Gasteiger partial charge in [0.05, 0.1) is 12.3 Å². The Morgan fingerprint density at radius 2 is 1.97 bits per heavy atom. The molecule has 0 bridgehead atoms. The second-order valence-electron chi connectivity index (χ2n) is 7.39. The predicted molar refractivity (Wildman–Crippen MR) is 120 cm³/mol. The van der Waals surface area contributed by atoms with E-state index in [1.165, 1.54) is 18.7 Å². The zero-order valence-electron chi connectivity index (χ0n) is 17.1. The molecule has 0 spiro atoms. The van der Waals surface area contributed by atoms with Crippen LogP contribution in [0.3, 0.4) is 0 Å². The SMILES string of the molecule is CC(=O)c1cccc(NC(=O)CSc2nc(=O)n(Cc3ccncc3)c3c2CCC3)c1. The summed E-state index contributed by atoms with van der Waals surface area (Å²) in [5.74, 6) is -0.129. The Kier molecular flexibility index (Phi) is 6.27. The zero-order chi connectivity index (χ0) is 21.8. The number of carbonyl (C=O) groups is 2. The maximum absolute atomic E-state index is 12.7. The van der Waals surface area contributed by atoms with E-state index in [0.29, 0.717) is 22.8 Å². The topological polar surface area (TPSA) is 94.0 Å². The molecule has 0 saturated carbocycles. The average molecular weight is 435 g/mol. The highest BCUT2D eigenvalue weighted by Crippen LogP contribution is 2.29. The van der Waals surface area contributed by atoms with Crippen LogP contribution in [-0.2, 0) is 24.2 Å². The van der Waals surface area contributed by atoms with Gasteiger partial charge in [0.2, 0.25) is 5.91 Å². The lowest BCUT2D eigenvalue weighted by Gasteiger charge is -2.14. The fourth-order valence-electron chi connectivity index (χ4n) is 3.69. The Balaban J connectivity index is 1.48. The van der Waals surface area contributed by atoms with Crippen molar-refractivity contribution in [1.29, 1.82) is 0 Å². The minimum absolute atomic E-state index is 0.0578. The first-order chi connectivity index (χ1) is 15.0. The number of thioether (sulfide) groups is 1. The molecule has 2 aromatic heterocycles. The fraction of sp³-hybridized carbons (Fsp3) is 0.261. The number of amides is 1. The smallest absolute Gasteiger partial charge is 0.325 e. The summed E-state index contributed by atoms with van der Waals surface area (Å²) >= 11 is 1.28. The normalized spacial score (nSPS) is 12.4. The van der Waals surface area contributed by atoms with Crippen molar-refractivity contribution < 1.29 is 9.59 Å². The Bertz CT molecular complexity index is 1190. The molecule has 0 aliphatic heterocycles. The van der Waals surface area contributed by atoms with Crippen molar-refractivity contribution in [3.8, 4) is 0 Å². The average Bonchev–Trinajstić information content (AvgIpc) is 3.25. The summed E-state index contributed by atoms with van der Waals surface area (Å²) in [5, 5.41) is 3.44. The van der Waals surface area contributed by atoms with Crippen LogP contribution in [0.1, 0.15) is 40.5 Å². The number of pyridine rings is 1. The molecule has 2 heterocycles. The van der Waals surface area contributed by atoms with E-state index in [4.69, 9.17) is 0 Å². The number of hydrogen-bond acceptors (Lipinski definition) is 6. The van der Waals surface area contributed by atoms with Crippen LogP contribution in [0.4, 0.5) is 5.69 Å². The maximum Gasteiger partial charge on any atom is 0.349 e. The molecule has 158 valence electrons. The van der Waals surface area contributed by atoms with Gasteiger partial charge in [-0.25, -0.2) is 4.79 Å². The number of carbonyl (C=O) groups excluding carboxylic acids is 2. The third-order valence-corrected chi connectivity index (χ3v) is 6.20. The molecule has 0 unspecified atom stereocenters. The van der Waals surface area contributed by atoms with Crippen LogP contribution < -0.4 is 11.0 Å². The number of nitrogens with one attached hydrogen (secondary N) is 1. The Morgan fingerprint density at radius 1 is 1.16 bits per heavy atom. The van der Waals surface area contributed by atoms with E-state index in [2.05, 4.69) is 15.3 Å². The molecule has 1 aliphatic carbocycles. The van der Waals surface area contributed by atoms with Gasteiger partial charge in [0, 0.05) is 34.9 Å². The van der Waals surface area contributed by atoms with Gasteiger partial charge in [-0.3, -0.25) is 19.1 Å². The number of hydrogen-bond donors (Lipinski definition) is 1. The largest absolute Gasteiger partial charge is 0.349 e. The van der Waals surface area contributed by atoms with Gasteiger partial charge in [-0.1, -0.05) is 23.9 Å². The molecule has 0 radical (unpaired) electrons. The van der Waals surface area contributed by atoms with E-state index in [9.17, 15) is 14.4 Å². The van der Waals surface area contributed by atoms with Gasteiger partial charge in [0.25, 0.3) is 0 Å². The minimum atomic E-state index is -0.297. The second-order valence-corrected chi connectivity index (χ2v) is 8.36. The second kappa shape index (κ2) is 9.26. The third-order valence-electron chi connectivity index (χ3n) is 5.18. The number of fused-ring (bicyclic) bond motifs is 1. The van der Waals surface area contributed by atoms with Crippen molar-refractivity contribution >= 4 is 29.1 Å². The third kappa shape index (κ3) is 4.91. The van der Waals surface area contributed by atoms with Crippen molar-refractivity contribution in [2.75, 3.05) is 11.1 Å². The molecule has 0 fully saturated rings. The number of anilines is 1. The Morgan fingerprint density at radius 3 is 2.74 bits per heavy atom. The van der Waals surface area contributed by atoms with Gasteiger partial charge < -0.3 is 5.32 Å². The highest BCUT2D eigenvalue weighted by Gasteiger charge is 2.22. The van der Waals surface area contributed by atoms with Crippen LogP contribution in [0.2, 0.25) is 0 Å². The van der Waals surface area contributed by atoms with Crippen LogP contribution in [0.25, 0.3) is 0 Å². The molecule has 1 N–H and O–H groups in total. The monoisotopic (exact) mass is 434 g/mol. The number of nitrogens with zero attached hydrogens (tertiary/aromatic N) is 3. The summed E-state index contributed by atoms with van der Waals surface area (Å²) in [7, 11) is 0. The summed E-state index contributed by atoms with van der Waals surface area (Å²) in [5.41, 5.74) is 3.89. The summed E-state index contributed by atoms with van der Waals surface area (Å²) in [6.45, 7) is 1.95. The lowest BCUT2D eigenvalue weighted by Crippen LogP contribution is -2.28. The quantitative estimate of drug-likeness (QED) is 0.349. The highest BCUT2D eigenvalue weighted by atomic mass is 32.2. The summed E-state index contributed by atoms with van der Waals surface area (Å²) < 4.78 is 1.73. The van der Waals surface area contributed by atoms with Crippen LogP contribution in [0.15, 0.2) is 58.6 Å². The van der Waals surface area contributed by atoms with Crippen LogP contribution >= 0.6 is 11.8 Å². The van der Waals surface area contributed by atoms with E-state index >= 15 is 0 Å². The Labute approximate surface area is 183 Å². The fourth-order valence-corrected chi connectivity index (χ4v) is 4.56. The predicted octanol–water partition coefficient (Wildman–Crippen LogP) is 3.11. The maximum atomic E-state index is 12.7. The van der Waals surface area contributed by atoms with E-state index in [-0.39, 0.29) is 23.1 Å². The molecule has 7 nitrogen and oxygen atoms in total.